The summed E-state index contributed by atoms with van der Waals surface area (Å²) < 4.78 is 4.81. The molecule has 2 aromatic rings. The van der Waals surface area contributed by atoms with E-state index in [1.54, 1.807) is 25.1 Å². The summed E-state index contributed by atoms with van der Waals surface area (Å²) in [6, 6.07) is 5.00. The summed E-state index contributed by atoms with van der Waals surface area (Å²) in [5.74, 6) is 0.105. The average Bonchev–Trinajstić information content (AvgIpc) is 2.71. The molecule has 1 amide bonds. The smallest absolute Gasteiger partial charge is 0.260 e. The van der Waals surface area contributed by atoms with E-state index in [-0.39, 0.29) is 5.91 Å². The van der Waals surface area contributed by atoms with Crippen LogP contribution in [0.5, 0.6) is 0 Å². The fourth-order valence-corrected chi connectivity index (χ4v) is 1.65. The van der Waals surface area contributed by atoms with Crippen molar-refractivity contribution in [1.29, 1.82) is 0 Å². The van der Waals surface area contributed by atoms with E-state index in [2.05, 4.69) is 10.5 Å². The standard InChI is InChI=1S/C11H8Cl2N2O2/c1-6-7(5-14-17-6)11(16)15-9-4-2-3-8(12)10(9)13/h2-5H,1H3,(H,15,16). The normalized spacial score (nSPS) is 10.3. The molecule has 0 aliphatic carbocycles. The number of hydrogen-bond acceptors (Lipinski definition) is 3. The van der Waals surface area contributed by atoms with Gasteiger partial charge in [0.25, 0.3) is 5.91 Å². The van der Waals surface area contributed by atoms with Crippen LogP contribution in [0.15, 0.2) is 28.9 Å². The molecule has 0 saturated carbocycles. The van der Waals surface area contributed by atoms with Crippen molar-refractivity contribution in [3.63, 3.8) is 0 Å². The Labute approximate surface area is 108 Å². The van der Waals surface area contributed by atoms with Crippen molar-refractivity contribution in [1.82, 2.24) is 5.16 Å². The predicted octanol–water partition coefficient (Wildman–Crippen LogP) is 3.54. The molecule has 0 radical (unpaired) electrons. The van der Waals surface area contributed by atoms with Gasteiger partial charge in [0, 0.05) is 0 Å². The first-order valence-electron chi connectivity index (χ1n) is 4.76. The Kier molecular flexibility index (Phi) is 3.36. The zero-order valence-electron chi connectivity index (χ0n) is 8.83. The molecular weight excluding hydrogens is 263 g/mol. The molecule has 0 bridgehead atoms. The van der Waals surface area contributed by atoms with Crippen LogP contribution in [-0.4, -0.2) is 11.1 Å². The molecular formula is C11H8Cl2N2O2. The Balaban J connectivity index is 2.25. The molecule has 0 saturated heterocycles. The van der Waals surface area contributed by atoms with Crippen molar-refractivity contribution in [2.45, 2.75) is 6.92 Å². The Morgan fingerprint density at radius 3 is 2.82 bits per heavy atom. The number of halogens is 2. The molecule has 2 rings (SSSR count). The zero-order chi connectivity index (χ0) is 12.4. The molecule has 17 heavy (non-hydrogen) atoms. The second-order valence-electron chi connectivity index (χ2n) is 3.35. The van der Waals surface area contributed by atoms with E-state index >= 15 is 0 Å². The van der Waals surface area contributed by atoms with Crippen LogP contribution < -0.4 is 5.32 Å². The first kappa shape index (κ1) is 12.0. The van der Waals surface area contributed by atoms with Crippen LogP contribution >= 0.6 is 23.2 Å². The number of rotatable bonds is 2. The largest absolute Gasteiger partial charge is 0.361 e. The molecule has 88 valence electrons. The van der Waals surface area contributed by atoms with E-state index in [1.807, 2.05) is 0 Å². The summed E-state index contributed by atoms with van der Waals surface area (Å²) in [7, 11) is 0. The molecule has 1 aromatic heterocycles. The molecule has 1 aromatic carbocycles. The van der Waals surface area contributed by atoms with Gasteiger partial charge >= 0.3 is 0 Å². The Morgan fingerprint density at radius 2 is 2.18 bits per heavy atom. The van der Waals surface area contributed by atoms with Crippen molar-refractivity contribution < 1.29 is 9.32 Å². The van der Waals surface area contributed by atoms with Crippen molar-refractivity contribution in [3.8, 4) is 0 Å². The number of nitrogens with one attached hydrogen (secondary N) is 1. The topological polar surface area (TPSA) is 55.1 Å². The first-order valence-corrected chi connectivity index (χ1v) is 5.52. The number of carbonyl (C=O) groups excluding carboxylic acids is 1. The summed E-state index contributed by atoms with van der Waals surface area (Å²) >= 11 is 11.8. The first-order chi connectivity index (χ1) is 8.09. The third-order valence-electron chi connectivity index (χ3n) is 2.20. The molecule has 0 unspecified atom stereocenters. The molecule has 0 fully saturated rings. The van der Waals surface area contributed by atoms with Crippen LogP contribution in [-0.2, 0) is 0 Å². The molecule has 1 heterocycles. The summed E-state index contributed by atoms with van der Waals surface area (Å²) in [5, 5.41) is 6.85. The fourth-order valence-electron chi connectivity index (χ4n) is 1.31. The molecule has 0 atom stereocenters. The van der Waals surface area contributed by atoms with Gasteiger partial charge in [0.2, 0.25) is 0 Å². The summed E-state index contributed by atoms with van der Waals surface area (Å²) in [5.41, 5.74) is 0.811. The molecule has 0 aliphatic rings. The Bertz CT molecular complexity index is 566. The zero-order valence-corrected chi connectivity index (χ0v) is 10.3. The number of carbonyl (C=O) groups is 1. The maximum absolute atomic E-state index is 11.8. The van der Waals surface area contributed by atoms with Gasteiger partial charge < -0.3 is 9.84 Å². The van der Waals surface area contributed by atoms with Crippen LogP contribution in [0, 0.1) is 6.92 Å². The van der Waals surface area contributed by atoms with Crippen molar-refractivity contribution in [2.75, 3.05) is 5.32 Å². The molecule has 6 heteroatoms. The van der Waals surface area contributed by atoms with Crippen molar-refractivity contribution >= 4 is 34.8 Å². The predicted molar refractivity (Wildman–Crippen MR) is 65.7 cm³/mol. The highest BCUT2D eigenvalue weighted by molar-refractivity contribution is 6.44. The minimum absolute atomic E-state index is 0.302. The van der Waals surface area contributed by atoms with Gasteiger partial charge in [-0.05, 0) is 19.1 Å². The van der Waals surface area contributed by atoms with Gasteiger partial charge in [-0.3, -0.25) is 4.79 Å². The summed E-state index contributed by atoms with van der Waals surface area (Å²) in [4.78, 5) is 11.8. The quantitative estimate of drug-likeness (QED) is 0.908. The average molecular weight is 271 g/mol. The van der Waals surface area contributed by atoms with Gasteiger partial charge in [-0.1, -0.05) is 34.4 Å². The number of amides is 1. The maximum Gasteiger partial charge on any atom is 0.260 e. The monoisotopic (exact) mass is 270 g/mol. The second-order valence-corrected chi connectivity index (χ2v) is 4.14. The van der Waals surface area contributed by atoms with Crippen LogP contribution in [0.3, 0.4) is 0 Å². The van der Waals surface area contributed by atoms with Gasteiger partial charge in [0.15, 0.2) is 0 Å². The highest BCUT2D eigenvalue weighted by Crippen LogP contribution is 2.29. The third-order valence-corrected chi connectivity index (χ3v) is 3.01. The maximum atomic E-state index is 11.8. The highest BCUT2D eigenvalue weighted by atomic mass is 35.5. The lowest BCUT2D eigenvalue weighted by molar-refractivity contribution is 0.102. The van der Waals surface area contributed by atoms with E-state index in [1.165, 1.54) is 6.20 Å². The number of anilines is 1. The lowest BCUT2D eigenvalue weighted by atomic mass is 10.2. The summed E-state index contributed by atoms with van der Waals surface area (Å²) in [6.45, 7) is 1.65. The lowest BCUT2D eigenvalue weighted by Gasteiger charge is -2.06. The number of aromatic nitrogens is 1. The van der Waals surface area contributed by atoms with E-state index in [9.17, 15) is 4.79 Å². The Morgan fingerprint density at radius 1 is 1.41 bits per heavy atom. The van der Waals surface area contributed by atoms with Gasteiger partial charge in [-0.25, -0.2) is 0 Å². The number of nitrogens with zero attached hydrogens (tertiary/aromatic N) is 1. The molecule has 4 nitrogen and oxygen atoms in total. The minimum atomic E-state index is -0.340. The SMILES string of the molecule is Cc1oncc1C(=O)Nc1cccc(Cl)c1Cl. The third kappa shape index (κ3) is 2.43. The number of benzene rings is 1. The molecule has 1 N–H and O–H groups in total. The van der Waals surface area contributed by atoms with Crippen molar-refractivity contribution in [3.05, 3.63) is 45.8 Å². The van der Waals surface area contributed by atoms with Crippen LogP contribution in [0.2, 0.25) is 10.0 Å². The highest BCUT2D eigenvalue weighted by Gasteiger charge is 2.14. The number of aryl methyl sites for hydroxylation is 1. The minimum Gasteiger partial charge on any atom is -0.361 e. The van der Waals surface area contributed by atoms with Gasteiger partial charge in [0.1, 0.15) is 11.3 Å². The van der Waals surface area contributed by atoms with Crippen LogP contribution in [0.25, 0.3) is 0 Å². The molecule has 0 spiro atoms. The van der Waals surface area contributed by atoms with Gasteiger partial charge in [0.05, 0.1) is 21.9 Å². The second kappa shape index (κ2) is 4.77. The van der Waals surface area contributed by atoms with Crippen LogP contribution in [0.4, 0.5) is 5.69 Å². The van der Waals surface area contributed by atoms with Crippen LogP contribution in [0.1, 0.15) is 16.1 Å². The van der Waals surface area contributed by atoms with E-state index in [0.29, 0.717) is 27.1 Å². The fraction of sp³-hybridized carbons (Fsp3) is 0.0909. The van der Waals surface area contributed by atoms with E-state index < -0.39 is 0 Å². The van der Waals surface area contributed by atoms with Gasteiger partial charge in [-0.15, -0.1) is 0 Å². The lowest BCUT2D eigenvalue weighted by Crippen LogP contribution is -2.12. The molecule has 0 aliphatic heterocycles. The van der Waals surface area contributed by atoms with Gasteiger partial charge in [-0.2, -0.15) is 0 Å². The van der Waals surface area contributed by atoms with E-state index in [0.717, 1.165) is 0 Å². The Hall–Kier alpha value is -1.52. The summed E-state index contributed by atoms with van der Waals surface area (Å²) in [6.07, 6.45) is 1.35. The number of hydrogen-bond donors (Lipinski definition) is 1. The van der Waals surface area contributed by atoms with Crippen molar-refractivity contribution in [2.24, 2.45) is 0 Å². The van der Waals surface area contributed by atoms with E-state index in [4.69, 9.17) is 27.7 Å².